The largest absolute Gasteiger partial charge is 0.387 e. The summed E-state index contributed by atoms with van der Waals surface area (Å²) in [7, 11) is 1.92. The van der Waals surface area contributed by atoms with Crippen molar-refractivity contribution in [3.8, 4) is 0 Å². The molecule has 1 aliphatic rings. The Hall–Kier alpha value is -1.25. The third-order valence-corrected chi connectivity index (χ3v) is 2.90. The molecular weight excluding hydrogens is 174 g/mol. The van der Waals surface area contributed by atoms with Gasteiger partial charge < -0.3 is 10.2 Å². The van der Waals surface area contributed by atoms with Crippen molar-refractivity contribution in [2.24, 2.45) is 0 Å². The van der Waals surface area contributed by atoms with Gasteiger partial charge in [-0.25, -0.2) is 0 Å². The Labute approximate surface area is 85.1 Å². The van der Waals surface area contributed by atoms with Gasteiger partial charge in [0.15, 0.2) is 0 Å². The summed E-state index contributed by atoms with van der Waals surface area (Å²) >= 11 is 0. The minimum absolute atomic E-state index is 0.656. The van der Waals surface area contributed by atoms with E-state index >= 15 is 0 Å². The van der Waals surface area contributed by atoms with Crippen LogP contribution < -0.4 is 10.2 Å². The van der Waals surface area contributed by atoms with Crippen molar-refractivity contribution < 1.29 is 0 Å². The Balaban J connectivity index is 2.22. The lowest BCUT2D eigenvalue weighted by atomic mass is 10.2. The van der Waals surface area contributed by atoms with Gasteiger partial charge in [0.2, 0.25) is 0 Å². The highest BCUT2D eigenvalue weighted by Gasteiger charge is 2.20. The maximum Gasteiger partial charge on any atom is 0.0575 e. The van der Waals surface area contributed by atoms with Crippen molar-refractivity contribution in [3.05, 3.63) is 18.5 Å². The van der Waals surface area contributed by atoms with Gasteiger partial charge in [-0.2, -0.15) is 0 Å². The van der Waals surface area contributed by atoms with E-state index in [1.54, 1.807) is 0 Å². The molecule has 14 heavy (non-hydrogen) atoms. The van der Waals surface area contributed by atoms with Gasteiger partial charge in [-0.1, -0.05) is 0 Å². The molecule has 1 unspecified atom stereocenters. The summed E-state index contributed by atoms with van der Waals surface area (Å²) in [4.78, 5) is 6.65. The molecule has 0 aliphatic carbocycles. The normalized spacial score (nSPS) is 21.3. The predicted octanol–water partition coefficient (Wildman–Crippen LogP) is 2.11. The molecule has 0 amide bonds. The molecule has 2 rings (SSSR count). The molecule has 1 saturated heterocycles. The molecule has 0 bridgehead atoms. The standard InChI is InChI=1S/C11H17N3/c1-9-4-3-5-14(9)11-6-10(12-2)7-13-8-11/h6-9,12H,3-5H2,1-2H3. The van der Waals surface area contributed by atoms with Crippen LogP contribution >= 0.6 is 0 Å². The highest BCUT2D eigenvalue weighted by Crippen LogP contribution is 2.26. The highest BCUT2D eigenvalue weighted by molar-refractivity contribution is 5.56. The lowest BCUT2D eigenvalue weighted by Gasteiger charge is -2.23. The molecular formula is C11H17N3. The summed E-state index contributed by atoms with van der Waals surface area (Å²) in [5.41, 5.74) is 2.32. The van der Waals surface area contributed by atoms with Crippen LogP contribution in [0.5, 0.6) is 0 Å². The van der Waals surface area contributed by atoms with Crippen molar-refractivity contribution in [2.75, 3.05) is 23.8 Å². The smallest absolute Gasteiger partial charge is 0.0575 e. The molecule has 1 aromatic rings. The molecule has 0 saturated carbocycles. The number of pyridine rings is 1. The SMILES string of the molecule is CNc1cncc(N2CCCC2C)c1. The summed E-state index contributed by atoms with van der Waals surface area (Å²) in [6.45, 7) is 3.44. The van der Waals surface area contributed by atoms with Crippen molar-refractivity contribution in [1.29, 1.82) is 0 Å². The lowest BCUT2D eigenvalue weighted by Crippen LogP contribution is -2.26. The number of rotatable bonds is 2. The molecule has 3 nitrogen and oxygen atoms in total. The van der Waals surface area contributed by atoms with Crippen LogP contribution in [0.25, 0.3) is 0 Å². The van der Waals surface area contributed by atoms with Crippen molar-refractivity contribution >= 4 is 11.4 Å². The molecule has 1 atom stereocenters. The van der Waals surface area contributed by atoms with Crippen LogP contribution in [0, 0.1) is 0 Å². The number of nitrogens with zero attached hydrogens (tertiary/aromatic N) is 2. The molecule has 0 spiro atoms. The summed E-state index contributed by atoms with van der Waals surface area (Å²) < 4.78 is 0. The first-order chi connectivity index (χ1) is 6.81. The Morgan fingerprint density at radius 2 is 2.36 bits per heavy atom. The second kappa shape index (κ2) is 3.86. The number of hydrogen-bond acceptors (Lipinski definition) is 3. The second-order valence-electron chi connectivity index (χ2n) is 3.87. The van der Waals surface area contributed by atoms with Crippen LogP contribution in [0.3, 0.4) is 0 Å². The van der Waals surface area contributed by atoms with E-state index in [0.717, 1.165) is 12.2 Å². The van der Waals surface area contributed by atoms with Crippen LogP contribution in [0.1, 0.15) is 19.8 Å². The van der Waals surface area contributed by atoms with Gasteiger partial charge in [-0.15, -0.1) is 0 Å². The zero-order valence-electron chi connectivity index (χ0n) is 8.83. The maximum absolute atomic E-state index is 4.23. The van der Waals surface area contributed by atoms with Crippen LogP contribution in [0.15, 0.2) is 18.5 Å². The molecule has 0 radical (unpaired) electrons. The van der Waals surface area contributed by atoms with E-state index < -0.39 is 0 Å². The first-order valence-corrected chi connectivity index (χ1v) is 5.20. The second-order valence-corrected chi connectivity index (χ2v) is 3.87. The maximum atomic E-state index is 4.23. The van der Waals surface area contributed by atoms with Gasteiger partial charge in [-0.3, -0.25) is 4.98 Å². The molecule has 2 heterocycles. The Bertz CT molecular complexity index is 311. The van der Waals surface area contributed by atoms with E-state index in [2.05, 4.69) is 28.2 Å². The van der Waals surface area contributed by atoms with E-state index in [0.29, 0.717) is 6.04 Å². The van der Waals surface area contributed by atoms with Crippen LogP contribution in [-0.4, -0.2) is 24.6 Å². The Kier molecular flexibility index (Phi) is 2.57. The molecule has 1 aromatic heterocycles. The van der Waals surface area contributed by atoms with E-state index in [1.807, 2.05) is 19.4 Å². The van der Waals surface area contributed by atoms with E-state index in [9.17, 15) is 0 Å². The Morgan fingerprint density at radius 3 is 3.00 bits per heavy atom. The fraction of sp³-hybridized carbons (Fsp3) is 0.545. The highest BCUT2D eigenvalue weighted by atomic mass is 15.2. The zero-order chi connectivity index (χ0) is 9.97. The molecule has 1 aliphatic heterocycles. The molecule has 1 fully saturated rings. The summed E-state index contributed by atoms with van der Waals surface area (Å²) in [6, 6.07) is 2.82. The van der Waals surface area contributed by atoms with Gasteiger partial charge in [-0.05, 0) is 25.8 Å². The molecule has 0 aromatic carbocycles. The average molecular weight is 191 g/mol. The summed E-state index contributed by atoms with van der Waals surface area (Å²) in [5.74, 6) is 0. The number of hydrogen-bond donors (Lipinski definition) is 1. The van der Waals surface area contributed by atoms with E-state index in [-0.39, 0.29) is 0 Å². The van der Waals surface area contributed by atoms with Gasteiger partial charge >= 0.3 is 0 Å². The molecule has 76 valence electrons. The summed E-state index contributed by atoms with van der Waals surface area (Å²) in [5, 5.41) is 3.12. The van der Waals surface area contributed by atoms with Gasteiger partial charge in [0.25, 0.3) is 0 Å². The van der Waals surface area contributed by atoms with Crippen LogP contribution in [0.4, 0.5) is 11.4 Å². The summed E-state index contributed by atoms with van der Waals surface area (Å²) in [6.07, 6.45) is 6.39. The van der Waals surface area contributed by atoms with Gasteiger partial charge in [0.1, 0.15) is 0 Å². The van der Waals surface area contributed by atoms with Gasteiger partial charge in [0.05, 0.1) is 23.8 Å². The third-order valence-electron chi connectivity index (χ3n) is 2.90. The quantitative estimate of drug-likeness (QED) is 0.776. The van der Waals surface area contributed by atoms with Crippen LogP contribution in [-0.2, 0) is 0 Å². The molecule has 1 N–H and O–H groups in total. The molecule has 3 heteroatoms. The first-order valence-electron chi connectivity index (χ1n) is 5.20. The van der Waals surface area contributed by atoms with Gasteiger partial charge in [0, 0.05) is 19.6 Å². The van der Waals surface area contributed by atoms with Crippen molar-refractivity contribution in [3.63, 3.8) is 0 Å². The third kappa shape index (κ3) is 1.67. The predicted molar refractivity (Wildman–Crippen MR) is 59.8 cm³/mol. The van der Waals surface area contributed by atoms with Crippen LogP contribution in [0.2, 0.25) is 0 Å². The monoisotopic (exact) mass is 191 g/mol. The minimum atomic E-state index is 0.656. The number of nitrogens with one attached hydrogen (secondary N) is 1. The average Bonchev–Trinajstić information content (AvgIpc) is 2.65. The number of aromatic nitrogens is 1. The topological polar surface area (TPSA) is 28.2 Å². The lowest BCUT2D eigenvalue weighted by molar-refractivity contribution is 0.734. The first kappa shape index (κ1) is 9.31. The van der Waals surface area contributed by atoms with E-state index in [1.165, 1.54) is 18.5 Å². The van der Waals surface area contributed by atoms with Crippen molar-refractivity contribution in [2.45, 2.75) is 25.8 Å². The minimum Gasteiger partial charge on any atom is -0.387 e. The van der Waals surface area contributed by atoms with E-state index in [4.69, 9.17) is 0 Å². The Morgan fingerprint density at radius 1 is 1.50 bits per heavy atom. The fourth-order valence-electron chi connectivity index (χ4n) is 2.04. The van der Waals surface area contributed by atoms with Crippen molar-refractivity contribution in [1.82, 2.24) is 4.98 Å². The fourth-order valence-corrected chi connectivity index (χ4v) is 2.04. The number of anilines is 2. The zero-order valence-corrected chi connectivity index (χ0v) is 8.83.